The molecular formula is C19H19FN4O. The van der Waals surface area contributed by atoms with Gasteiger partial charge in [0.25, 0.3) is 0 Å². The van der Waals surface area contributed by atoms with Crippen LogP contribution in [0.1, 0.15) is 12.2 Å². The Morgan fingerprint density at radius 2 is 1.76 bits per heavy atom. The van der Waals surface area contributed by atoms with Crippen molar-refractivity contribution in [2.24, 2.45) is 0 Å². The molecule has 2 heterocycles. The van der Waals surface area contributed by atoms with Gasteiger partial charge in [-0.3, -0.25) is 4.98 Å². The first-order valence-corrected chi connectivity index (χ1v) is 8.07. The second-order valence-corrected chi connectivity index (χ2v) is 5.66. The maximum Gasteiger partial charge on any atom is 0.130 e. The third-order valence-corrected chi connectivity index (χ3v) is 3.69. The van der Waals surface area contributed by atoms with Gasteiger partial charge >= 0.3 is 0 Å². The molecule has 5 nitrogen and oxygen atoms in total. The number of pyridine rings is 1. The lowest BCUT2D eigenvalue weighted by atomic mass is 10.0. The number of anilines is 1. The maximum absolute atomic E-state index is 13.1. The fourth-order valence-electron chi connectivity index (χ4n) is 2.48. The van der Waals surface area contributed by atoms with Gasteiger partial charge in [0, 0.05) is 42.7 Å². The van der Waals surface area contributed by atoms with Gasteiger partial charge < -0.3 is 10.4 Å². The van der Waals surface area contributed by atoms with E-state index >= 15 is 0 Å². The molecule has 25 heavy (non-hydrogen) atoms. The summed E-state index contributed by atoms with van der Waals surface area (Å²) in [5.74, 6) is 1.09. The summed E-state index contributed by atoms with van der Waals surface area (Å²) in [5, 5.41) is 12.1. The van der Waals surface area contributed by atoms with E-state index in [1.165, 1.54) is 12.1 Å². The molecule has 0 spiro atoms. The zero-order valence-electron chi connectivity index (χ0n) is 13.9. The zero-order chi connectivity index (χ0) is 17.6. The average Bonchev–Trinajstić information content (AvgIpc) is 2.62. The minimum absolute atomic E-state index is 0.132. The summed E-state index contributed by atoms with van der Waals surface area (Å²) in [7, 11) is 0. The molecule has 6 heteroatoms. The fourth-order valence-corrected chi connectivity index (χ4v) is 2.48. The van der Waals surface area contributed by atoms with Crippen molar-refractivity contribution in [3.63, 3.8) is 0 Å². The summed E-state index contributed by atoms with van der Waals surface area (Å²) in [6, 6.07) is 10.1. The van der Waals surface area contributed by atoms with E-state index in [4.69, 9.17) is 5.11 Å². The normalized spacial score (nSPS) is 10.7. The highest BCUT2D eigenvalue weighted by Gasteiger charge is 2.07. The number of benzene rings is 1. The number of aromatic nitrogens is 3. The van der Waals surface area contributed by atoms with Crippen LogP contribution in [0.15, 0.2) is 48.8 Å². The molecule has 128 valence electrons. The Balaban J connectivity index is 1.91. The predicted octanol–water partition coefficient (Wildman–Crippen LogP) is 3.45. The molecule has 0 atom stereocenters. The first-order valence-electron chi connectivity index (χ1n) is 8.07. The molecule has 2 aromatic heterocycles. The molecule has 0 unspecified atom stereocenters. The highest BCUT2D eigenvalue weighted by molar-refractivity contribution is 5.71. The molecule has 0 radical (unpaired) electrons. The van der Waals surface area contributed by atoms with Gasteiger partial charge in [0.1, 0.15) is 17.5 Å². The summed E-state index contributed by atoms with van der Waals surface area (Å²) in [4.78, 5) is 13.1. The predicted molar refractivity (Wildman–Crippen MR) is 95.6 cm³/mol. The van der Waals surface area contributed by atoms with Gasteiger partial charge in [0.15, 0.2) is 0 Å². The smallest absolute Gasteiger partial charge is 0.130 e. The number of aliphatic hydroxyl groups excluding tert-OH is 1. The van der Waals surface area contributed by atoms with E-state index < -0.39 is 0 Å². The lowest BCUT2D eigenvalue weighted by molar-refractivity contribution is 0.292. The first kappa shape index (κ1) is 17.0. The Hall–Kier alpha value is -2.86. The number of aliphatic hydroxyl groups is 1. The summed E-state index contributed by atoms with van der Waals surface area (Å²) >= 11 is 0. The lowest BCUT2D eigenvalue weighted by Crippen LogP contribution is -2.06. The number of halogens is 1. The van der Waals surface area contributed by atoms with E-state index in [0.29, 0.717) is 24.6 Å². The van der Waals surface area contributed by atoms with Gasteiger partial charge in [0.05, 0.1) is 5.69 Å². The number of nitrogens with zero attached hydrogens (tertiary/aromatic N) is 3. The molecule has 0 aliphatic carbocycles. The van der Waals surface area contributed by atoms with Crippen molar-refractivity contribution in [1.82, 2.24) is 15.0 Å². The molecule has 0 bridgehead atoms. The third-order valence-electron chi connectivity index (χ3n) is 3.69. The molecule has 0 amide bonds. The summed E-state index contributed by atoms with van der Waals surface area (Å²) in [5.41, 5.74) is 3.40. The number of rotatable bonds is 6. The van der Waals surface area contributed by atoms with Crippen LogP contribution in [0, 0.1) is 12.7 Å². The van der Waals surface area contributed by atoms with E-state index in [1.807, 2.05) is 19.1 Å². The molecule has 0 fully saturated rings. The molecule has 0 saturated carbocycles. The van der Waals surface area contributed by atoms with Gasteiger partial charge in [-0.15, -0.1) is 0 Å². The van der Waals surface area contributed by atoms with E-state index in [9.17, 15) is 4.39 Å². The molecule has 0 aliphatic rings. The van der Waals surface area contributed by atoms with E-state index in [-0.39, 0.29) is 12.4 Å². The van der Waals surface area contributed by atoms with Gasteiger partial charge in [-0.1, -0.05) is 12.1 Å². The van der Waals surface area contributed by atoms with Crippen molar-refractivity contribution < 1.29 is 9.50 Å². The molecule has 3 aromatic rings. The second kappa shape index (κ2) is 7.81. The van der Waals surface area contributed by atoms with Crippen molar-refractivity contribution >= 4 is 5.82 Å². The van der Waals surface area contributed by atoms with E-state index in [2.05, 4.69) is 20.3 Å². The number of aryl methyl sites for hydroxylation is 1. The second-order valence-electron chi connectivity index (χ2n) is 5.66. The van der Waals surface area contributed by atoms with Crippen molar-refractivity contribution in [2.75, 3.05) is 18.5 Å². The quantitative estimate of drug-likeness (QED) is 0.674. The van der Waals surface area contributed by atoms with Gasteiger partial charge in [-0.05, 0) is 37.1 Å². The monoisotopic (exact) mass is 338 g/mol. The minimum Gasteiger partial charge on any atom is -0.396 e. The van der Waals surface area contributed by atoms with Crippen LogP contribution in [-0.4, -0.2) is 33.2 Å². The highest BCUT2D eigenvalue weighted by atomic mass is 19.1. The third kappa shape index (κ3) is 4.36. The molecule has 1 aromatic carbocycles. The standard InChI is InChI=1S/C19H19FN4O/c1-13-23-18(10-19(24-13)22-7-2-8-25)16-9-15(11-21-12-16)14-3-5-17(20)6-4-14/h3-6,9-12,25H,2,7-8H2,1H3,(H,22,23,24). The van der Waals surface area contributed by atoms with Crippen LogP contribution < -0.4 is 5.32 Å². The van der Waals surface area contributed by atoms with Gasteiger partial charge in [-0.2, -0.15) is 0 Å². The molecule has 3 rings (SSSR count). The number of nitrogens with one attached hydrogen (secondary N) is 1. The minimum atomic E-state index is -0.266. The summed E-state index contributed by atoms with van der Waals surface area (Å²) in [6.07, 6.45) is 4.14. The van der Waals surface area contributed by atoms with E-state index in [0.717, 1.165) is 22.4 Å². The average molecular weight is 338 g/mol. The van der Waals surface area contributed by atoms with Crippen LogP contribution in [0.25, 0.3) is 22.4 Å². The van der Waals surface area contributed by atoms with Crippen molar-refractivity contribution in [1.29, 1.82) is 0 Å². The van der Waals surface area contributed by atoms with Crippen molar-refractivity contribution in [3.05, 3.63) is 60.4 Å². The van der Waals surface area contributed by atoms with Crippen LogP contribution in [0.2, 0.25) is 0 Å². The number of hydrogen-bond acceptors (Lipinski definition) is 5. The Morgan fingerprint density at radius 1 is 1.00 bits per heavy atom. The Kier molecular flexibility index (Phi) is 5.30. The highest BCUT2D eigenvalue weighted by Crippen LogP contribution is 2.25. The van der Waals surface area contributed by atoms with Gasteiger partial charge in [0.2, 0.25) is 0 Å². The largest absolute Gasteiger partial charge is 0.396 e. The van der Waals surface area contributed by atoms with Crippen LogP contribution >= 0.6 is 0 Å². The molecular weight excluding hydrogens is 319 g/mol. The van der Waals surface area contributed by atoms with E-state index in [1.54, 1.807) is 24.5 Å². The van der Waals surface area contributed by atoms with Crippen LogP contribution in [0.5, 0.6) is 0 Å². The van der Waals surface area contributed by atoms with Crippen LogP contribution in [0.4, 0.5) is 10.2 Å². The molecule has 0 saturated heterocycles. The zero-order valence-corrected chi connectivity index (χ0v) is 13.9. The summed E-state index contributed by atoms with van der Waals surface area (Å²) < 4.78 is 13.1. The van der Waals surface area contributed by atoms with Crippen LogP contribution in [-0.2, 0) is 0 Å². The Morgan fingerprint density at radius 3 is 2.52 bits per heavy atom. The Labute approximate surface area is 145 Å². The molecule has 2 N–H and O–H groups in total. The van der Waals surface area contributed by atoms with Crippen molar-refractivity contribution in [2.45, 2.75) is 13.3 Å². The first-order chi connectivity index (χ1) is 12.2. The molecule has 0 aliphatic heterocycles. The van der Waals surface area contributed by atoms with Gasteiger partial charge in [-0.25, -0.2) is 14.4 Å². The van der Waals surface area contributed by atoms with Crippen molar-refractivity contribution in [3.8, 4) is 22.4 Å². The SMILES string of the molecule is Cc1nc(NCCCO)cc(-c2cncc(-c3ccc(F)cc3)c2)n1. The lowest BCUT2D eigenvalue weighted by Gasteiger charge is -2.09. The maximum atomic E-state index is 13.1. The number of hydrogen-bond donors (Lipinski definition) is 2. The van der Waals surface area contributed by atoms with Crippen LogP contribution in [0.3, 0.4) is 0 Å². The topological polar surface area (TPSA) is 70.9 Å². The summed E-state index contributed by atoms with van der Waals surface area (Å²) in [6.45, 7) is 2.60. The fraction of sp³-hybridized carbons (Fsp3) is 0.211. The Bertz CT molecular complexity index is 852.